The Balaban J connectivity index is 2.46. The Labute approximate surface area is 85.6 Å². The van der Waals surface area contributed by atoms with Crippen molar-refractivity contribution in [2.75, 3.05) is 0 Å². The van der Waals surface area contributed by atoms with Crippen LogP contribution in [0.25, 0.3) is 0 Å². The predicted molar refractivity (Wildman–Crippen MR) is 42.9 cm³/mol. The minimum absolute atomic E-state index is 0.0923. The van der Waals surface area contributed by atoms with Crippen LogP contribution in [-0.4, -0.2) is 21.7 Å². The minimum atomic E-state index is -2.84. The van der Waals surface area contributed by atoms with Crippen molar-refractivity contribution in [2.24, 2.45) is 0 Å². The van der Waals surface area contributed by atoms with E-state index in [0.717, 1.165) is 4.68 Å². The molecule has 7 heteroatoms. The number of hydrogen-bond donors (Lipinski definition) is 0. The lowest BCUT2D eigenvalue weighted by Gasteiger charge is -2.06. The smallest absolute Gasteiger partial charge is 0.272 e. The van der Waals surface area contributed by atoms with E-state index < -0.39 is 24.9 Å². The molecule has 76 valence electrons. The maximum atomic E-state index is 12.8. The number of aromatic nitrogens is 2. The van der Waals surface area contributed by atoms with Gasteiger partial charge in [0.25, 0.3) is 5.92 Å². The van der Waals surface area contributed by atoms with Crippen molar-refractivity contribution in [2.45, 2.75) is 18.9 Å². The van der Waals surface area contributed by atoms with Crippen LogP contribution in [0.5, 0.6) is 0 Å². The van der Waals surface area contributed by atoms with E-state index >= 15 is 0 Å². The molecule has 0 spiro atoms. The van der Waals surface area contributed by atoms with Crippen LogP contribution in [0.3, 0.4) is 0 Å². The molecule has 0 atom stereocenters. The Kier molecular flexibility index (Phi) is 1.88. The molecule has 1 aromatic rings. The summed E-state index contributed by atoms with van der Waals surface area (Å²) in [4.78, 5) is 10.5. The third kappa shape index (κ3) is 1.31. The number of fused-ring (bicyclic) bond motifs is 1. The molecule has 0 radical (unpaired) electrons. The molecule has 0 fully saturated rings. The van der Waals surface area contributed by atoms with Gasteiger partial charge >= 0.3 is 0 Å². The number of aromatic carboxylic acids is 1. The molecule has 1 aromatic heterocycles. The lowest BCUT2D eigenvalue weighted by Crippen LogP contribution is -2.25. The summed E-state index contributed by atoms with van der Waals surface area (Å²) in [5.74, 6) is -4.31. The molecular weight excluding hydrogens is 262 g/mol. The third-order valence-electron chi connectivity index (χ3n) is 1.99. The van der Waals surface area contributed by atoms with Gasteiger partial charge in [0.1, 0.15) is 12.2 Å². The van der Waals surface area contributed by atoms with Crippen LogP contribution < -0.4 is 5.11 Å². The third-order valence-corrected chi connectivity index (χ3v) is 2.83. The van der Waals surface area contributed by atoms with Crippen LogP contribution in [0.4, 0.5) is 8.78 Å². The van der Waals surface area contributed by atoms with Crippen LogP contribution >= 0.6 is 15.9 Å². The van der Waals surface area contributed by atoms with Gasteiger partial charge in [0.2, 0.25) is 0 Å². The van der Waals surface area contributed by atoms with Crippen molar-refractivity contribution in [3.05, 3.63) is 15.9 Å². The van der Waals surface area contributed by atoms with Crippen LogP contribution in [0.1, 0.15) is 16.2 Å². The molecule has 0 unspecified atom stereocenters. The first-order valence-corrected chi connectivity index (χ1v) is 4.54. The van der Waals surface area contributed by atoms with Gasteiger partial charge in [-0.2, -0.15) is 5.10 Å². The molecule has 0 aliphatic carbocycles. The number of rotatable bonds is 1. The Morgan fingerprint density at radius 2 is 2.29 bits per heavy atom. The highest BCUT2D eigenvalue weighted by molar-refractivity contribution is 9.10. The number of carbonyl (C=O) groups is 1. The van der Waals surface area contributed by atoms with Crippen molar-refractivity contribution < 1.29 is 18.7 Å². The summed E-state index contributed by atoms with van der Waals surface area (Å²) in [5, 5.41) is 14.0. The fraction of sp³-hybridized carbons (Fsp3) is 0.429. The van der Waals surface area contributed by atoms with Crippen LogP contribution in [0.2, 0.25) is 0 Å². The van der Waals surface area contributed by atoms with E-state index in [2.05, 4.69) is 21.0 Å². The molecule has 0 aromatic carbocycles. The Bertz CT molecular complexity index is 416. The van der Waals surface area contributed by atoms with Gasteiger partial charge in [0, 0.05) is 0 Å². The van der Waals surface area contributed by atoms with Gasteiger partial charge in [-0.25, -0.2) is 8.78 Å². The van der Waals surface area contributed by atoms with Crippen LogP contribution in [-0.2, 0) is 13.0 Å². The Morgan fingerprint density at radius 1 is 1.64 bits per heavy atom. The average molecular weight is 266 g/mol. The first-order chi connectivity index (χ1) is 6.41. The summed E-state index contributed by atoms with van der Waals surface area (Å²) >= 11 is 2.92. The highest BCUT2D eigenvalue weighted by Crippen LogP contribution is 2.34. The Morgan fingerprint density at radius 3 is 2.79 bits per heavy atom. The van der Waals surface area contributed by atoms with Crippen LogP contribution in [0, 0.1) is 0 Å². The molecular formula is C7H4BrF2N2O2-. The number of halogens is 3. The fourth-order valence-corrected chi connectivity index (χ4v) is 2.01. The number of nitrogens with zero attached hydrogens (tertiary/aromatic N) is 2. The summed E-state index contributed by atoms with van der Waals surface area (Å²) < 4.78 is 26.8. The zero-order valence-electron chi connectivity index (χ0n) is 6.76. The first kappa shape index (κ1) is 9.57. The van der Waals surface area contributed by atoms with Gasteiger partial charge in [0.05, 0.1) is 22.6 Å². The van der Waals surface area contributed by atoms with Gasteiger partial charge in [-0.15, -0.1) is 0 Å². The van der Waals surface area contributed by atoms with Gasteiger partial charge in [-0.05, 0) is 15.9 Å². The van der Waals surface area contributed by atoms with E-state index in [0.29, 0.717) is 0 Å². The van der Waals surface area contributed by atoms with Crippen molar-refractivity contribution in [1.82, 2.24) is 9.78 Å². The normalized spacial score (nSPS) is 18.2. The van der Waals surface area contributed by atoms with Crippen molar-refractivity contribution in [1.29, 1.82) is 0 Å². The van der Waals surface area contributed by atoms with Crippen LogP contribution in [0.15, 0.2) is 4.47 Å². The quantitative estimate of drug-likeness (QED) is 0.729. The molecule has 4 nitrogen and oxygen atoms in total. The molecule has 14 heavy (non-hydrogen) atoms. The van der Waals surface area contributed by atoms with Gasteiger partial charge < -0.3 is 9.90 Å². The zero-order chi connectivity index (χ0) is 10.5. The van der Waals surface area contributed by atoms with E-state index in [-0.39, 0.29) is 15.9 Å². The second-order valence-electron chi connectivity index (χ2n) is 3.09. The fourth-order valence-electron chi connectivity index (χ4n) is 1.43. The average Bonchev–Trinajstić information content (AvgIpc) is 2.46. The van der Waals surface area contributed by atoms with Crippen molar-refractivity contribution in [3.63, 3.8) is 0 Å². The van der Waals surface area contributed by atoms with Gasteiger partial charge in [-0.3, -0.25) is 4.68 Å². The summed E-state index contributed by atoms with van der Waals surface area (Å²) in [6.07, 6.45) is -0.492. The molecule has 0 amide bonds. The number of carbonyl (C=O) groups excluding carboxylic acids is 1. The second kappa shape index (κ2) is 2.75. The lowest BCUT2D eigenvalue weighted by molar-refractivity contribution is -0.255. The van der Waals surface area contributed by atoms with E-state index in [1.807, 2.05) is 0 Å². The van der Waals surface area contributed by atoms with Gasteiger partial charge in [0.15, 0.2) is 0 Å². The monoisotopic (exact) mass is 265 g/mol. The SMILES string of the molecule is O=C([O-])c1nn2c(c1Br)CC(F)(F)C2. The van der Waals surface area contributed by atoms with E-state index in [4.69, 9.17) is 0 Å². The molecule has 0 saturated heterocycles. The van der Waals surface area contributed by atoms with Gasteiger partial charge in [-0.1, -0.05) is 0 Å². The summed E-state index contributed by atoms with van der Waals surface area (Å²) in [7, 11) is 0. The minimum Gasteiger partial charge on any atom is -0.543 e. The number of alkyl halides is 2. The molecule has 2 rings (SSSR count). The van der Waals surface area contributed by atoms with E-state index in [1.54, 1.807) is 0 Å². The van der Waals surface area contributed by atoms with E-state index in [9.17, 15) is 18.7 Å². The number of carboxylic acids is 1. The summed E-state index contributed by atoms with van der Waals surface area (Å²) in [5.41, 5.74) is -0.121. The highest BCUT2D eigenvalue weighted by atomic mass is 79.9. The first-order valence-electron chi connectivity index (χ1n) is 3.75. The molecule has 0 saturated carbocycles. The summed E-state index contributed by atoms with van der Waals surface area (Å²) in [6.45, 7) is -0.575. The standard InChI is InChI=1S/C7H5BrF2N2O2/c8-4-3-1-7(9,10)2-12(3)11-5(4)6(13)14/h1-2H2,(H,13,14)/p-1. The number of hydrogen-bond acceptors (Lipinski definition) is 3. The van der Waals surface area contributed by atoms with Crippen molar-refractivity contribution >= 4 is 21.9 Å². The maximum Gasteiger partial charge on any atom is 0.272 e. The Hall–Kier alpha value is -0.980. The maximum absolute atomic E-state index is 12.8. The summed E-state index contributed by atoms with van der Waals surface area (Å²) in [6, 6.07) is 0. The molecule has 2 heterocycles. The highest BCUT2D eigenvalue weighted by Gasteiger charge is 2.40. The topological polar surface area (TPSA) is 57.9 Å². The molecule has 1 aliphatic heterocycles. The number of carboxylic acid groups (broad SMARTS) is 1. The molecule has 1 aliphatic rings. The molecule has 0 N–H and O–H groups in total. The second-order valence-corrected chi connectivity index (χ2v) is 3.88. The molecule has 0 bridgehead atoms. The zero-order valence-corrected chi connectivity index (χ0v) is 8.35. The lowest BCUT2D eigenvalue weighted by atomic mass is 10.2. The largest absolute Gasteiger partial charge is 0.543 e. The predicted octanol–water partition coefficient (Wildman–Crippen LogP) is 0.201. The van der Waals surface area contributed by atoms with E-state index in [1.165, 1.54) is 0 Å². The van der Waals surface area contributed by atoms with Crippen molar-refractivity contribution in [3.8, 4) is 0 Å².